The summed E-state index contributed by atoms with van der Waals surface area (Å²) < 4.78 is 8.65. The van der Waals surface area contributed by atoms with Crippen molar-refractivity contribution in [2.45, 2.75) is 25.8 Å². The second kappa shape index (κ2) is 8.45. The molecule has 0 aliphatic carbocycles. The lowest BCUT2D eigenvalue weighted by Crippen LogP contribution is -2.36. The van der Waals surface area contributed by atoms with Gasteiger partial charge in [0, 0.05) is 29.3 Å². The molecule has 38 heavy (non-hydrogen) atoms. The zero-order chi connectivity index (χ0) is 27.0. The highest BCUT2D eigenvalue weighted by Gasteiger charge is 2.49. The van der Waals surface area contributed by atoms with Crippen molar-refractivity contribution in [1.29, 1.82) is 5.26 Å². The molecule has 2 aliphatic heterocycles. The Labute approximate surface area is 227 Å². The van der Waals surface area contributed by atoms with E-state index < -0.39 is 6.04 Å². The standard InChI is InChI=1S/C27H20Cl2N6O3/c1-12(2)23-21-22(32-35(23)18-8-14(10-30)31-11-20(18)38-4)27(37)34-19-9-17(29)26(36)33(3)24(19)16-7-13(28)5-6-15(16)25(21)34/h5-9,11-12,25H,1-4H3. The number of hydrogen-bond donors (Lipinski definition) is 0. The van der Waals surface area contributed by atoms with E-state index in [2.05, 4.69) is 4.98 Å². The van der Waals surface area contributed by atoms with Gasteiger partial charge in [-0.25, -0.2) is 9.67 Å². The summed E-state index contributed by atoms with van der Waals surface area (Å²) >= 11 is 12.7. The minimum absolute atomic E-state index is 0.00696. The predicted octanol–water partition coefficient (Wildman–Crippen LogP) is 5.01. The fourth-order valence-electron chi connectivity index (χ4n) is 5.49. The summed E-state index contributed by atoms with van der Waals surface area (Å²) in [5, 5.41) is 14.7. The summed E-state index contributed by atoms with van der Waals surface area (Å²) in [5.74, 6) is 0.0262. The number of rotatable bonds is 3. The van der Waals surface area contributed by atoms with Gasteiger partial charge in [-0.15, -0.1) is 0 Å². The van der Waals surface area contributed by atoms with E-state index in [1.54, 1.807) is 34.8 Å². The van der Waals surface area contributed by atoms with Gasteiger partial charge in [0.15, 0.2) is 11.4 Å². The molecule has 0 radical (unpaired) electrons. The maximum absolute atomic E-state index is 14.1. The van der Waals surface area contributed by atoms with Gasteiger partial charge < -0.3 is 9.30 Å². The molecule has 1 unspecified atom stereocenters. The average molecular weight is 547 g/mol. The zero-order valence-electron chi connectivity index (χ0n) is 20.8. The molecule has 1 amide bonds. The molecule has 0 N–H and O–H groups in total. The molecule has 6 rings (SSSR count). The number of carbonyl (C=O) groups is 1. The molecule has 0 saturated carbocycles. The van der Waals surface area contributed by atoms with Gasteiger partial charge >= 0.3 is 0 Å². The molecule has 5 heterocycles. The molecule has 3 aromatic heterocycles. The lowest BCUT2D eigenvalue weighted by molar-refractivity contribution is 0.0988. The molecule has 2 aliphatic rings. The molecule has 9 nitrogen and oxygen atoms in total. The van der Waals surface area contributed by atoms with Gasteiger partial charge in [0.25, 0.3) is 11.5 Å². The van der Waals surface area contributed by atoms with Crippen LogP contribution in [0.25, 0.3) is 16.9 Å². The number of nitriles is 1. The molecule has 0 bridgehead atoms. The number of methoxy groups -OCH3 is 1. The van der Waals surface area contributed by atoms with Crippen molar-refractivity contribution in [3.63, 3.8) is 0 Å². The number of halogens is 2. The number of fused-ring (bicyclic) bond motifs is 8. The average Bonchev–Trinajstić information content (AvgIpc) is 3.42. The molecular weight excluding hydrogens is 527 g/mol. The van der Waals surface area contributed by atoms with Crippen LogP contribution in [0.2, 0.25) is 10.0 Å². The third kappa shape index (κ3) is 3.17. The largest absolute Gasteiger partial charge is 0.493 e. The van der Waals surface area contributed by atoms with E-state index in [1.165, 1.54) is 23.9 Å². The Bertz CT molecular complexity index is 1800. The number of amides is 1. The van der Waals surface area contributed by atoms with E-state index in [4.69, 9.17) is 33.0 Å². The van der Waals surface area contributed by atoms with Gasteiger partial charge in [0.1, 0.15) is 22.5 Å². The molecule has 4 aromatic rings. The van der Waals surface area contributed by atoms with Crippen LogP contribution in [0.5, 0.6) is 5.75 Å². The minimum Gasteiger partial charge on any atom is -0.493 e. The molecular formula is C27H20Cl2N6O3. The third-order valence-electron chi connectivity index (χ3n) is 7.04. The SMILES string of the molecule is COc1cnc(C#N)cc1-n1nc2c(c1C(C)C)C1c3ccc(Cl)cc3-c3c(cc(Cl)c(=O)n3C)N1C2=O. The number of anilines is 1. The van der Waals surface area contributed by atoms with Crippen molar-refractivity contribution < 1.29 is 9.53 Å². The highest BCUT2D eigenvalue weighted by Crippen LogP contribution is 2.53. The predicted molar refractivity (Wildman–Crippen MR) is 143 cm³/mol. The lowest BCUT2D eigenvalue weighted by atomic mass is 9.87. The molecule has 11 heteroatoms. The highest BCUT2D eigenvalue weighted by atomic mass is 35.5. The van der Waals surface area contributed by atoms with E-state index in [0.29, 0.717) is 27.8 Å². The van der Waals surface area contributed by atoms with Gasteiger partial charge in [-0.2, -0.15) is 10.4 Å². The number of nitrogens with zero attached hydrogens (tertiary/aromatic N) is 6. The van der Waals surface area contributed by atoms with Crippen molar-refractivity contribution in [2.75, 3.05) is 12.0 Å². The number of carbonyl (C=O) groups excluding carboxylic acids is 1. The van der Waals surface area contributed by atoms with Gasteiger partial charge in [0.2, 0.25) is 0 Å². The maximum Gasteiger partial charge on any atom is 0.280 e. The second-order valence-electron chi connectivity index (χ2n) is 9.47. The van der Waals surface area contributed by atoms with Crippen LogP contribution in [-0.4, -0.2) is 32.3 Å². The van der Waals surface area contributed by atoms with Crippen molar-refractivity contribution in [2.24, 2.45) is 7.05 Å². The van der Waals surface area contributed by atoms with Crippen LogP contribution in [0.4, 0.5) is 5.69 Å². The topological polar surface area (TPSA) is 106 Å². The Morgan fingerprint density at radius 2 is 1.89 bits per heavy atom. The number of hydrogen-bond acceptors (Lipinski definition) is 6. The van der Waals surface area contributed by atoms with Gasteiger partial charge in [0.05, 0.1) is 36.4 Å². The van der Waals surface area contributed by atoms with Crippen LogP contribution in [0, 0.1) is 11.3 Å². The molecule has 190 valence electrons. The first-order valence-corrected chi connectivity index (χ1v) is 12.5. The normalized spacial score (nSPS) is 15.2. The van der Waals surface area contributed by atoms with Crippen molar-refractivity contribution >= 4 is 34.8 Å². The minimum atomic E-state index is -0.528. The smallest absolute Gasteiger partial charge is 0.280 e. The molecule has 1 atom stereocenters. The first-order valence-electron chi connectivity index (χ1n) is 11.8. The summed E-state index contributed by atoms with van der Waals surface area (Å²) in [5.41, 5.74) is 4.75. The maximum atomic E-state index is 14.1. The highest BCUT2D eigenvalue weighted by molar-refractivity contribution is 6.32. The Morgan fingerprint density at radius 3 is 2.58 bits per heavy atom. The van der Waals surface area contributed by atoms with Crippen LogP contribution in [0.3, 0.4) is 0 Å². The van der Waals surface area contributed by atoms with Crippen molar-refractivity contribution in [3.05, 3.63) is 85.1 Å². The van der Waals surface area contributed by atoms with E-state index in [1.807, 2.05) is 26.0 Å². The van der Waals surface area contributed by atoms with Crippen LogP contribution >= 0.6 is 23.2 Å². The van der Waals surface area contributed by atoms with E-state index in [9.17, 15) is 14.9 Å². The first kappa shape index (κ1) is 24.2. The summed E-state index contributed by atoms with van der Waals surface area (Å²) in [7, 11) is 3.14. The Hall–Kier alpha value is -4.13. The Kier molecular flexibility index (Phi) is 5.38. The van der Waals surface area contributed by atoms with Crippen molar-refractivity contribution in [1.82, 2.24) is 19.3 Å². The van der Waals surface area contributed by atoms with Crippen LogP contribution < -0.4 is 15.2 Å². The fourth-order valence-corrected chi connectivity index (χ4v) is 5.89. The van der Waals surface area contributed by atoms with Gasteiger partial charge in [-0.3, -0.25) is 14.5 Å². The number of pyridine rings is 2. The van der Waals surface area contributed by atoms with Gasteiger partial charge in [-0.1, -0.05) is 43.1 Å². The molecule has 0 fully saturated rings. The summed E-state index contributed by atoms with van der Waals surface area (Å²) in [6.07, 6.45) is 1.47. The quantitative estimate of drug-likeness (QED) is 0.357. The molecule has 0 spiro atoms. The molecule has 0 saturated heterocycles. The number of aromatic nitrogens is 4. The third-order valence-corrected chi connectivity index (χ3v) is 7.55. The van der Waals surface area contributed by atoms with Gasteiger partial charge in [-0.05, 0) is 29.7 Å². The second-order valence-corrected chi connectivity index (χ2v) is 10.3. The number of benzene rings is 1. The Morgan fingerprint density at radius 1 is 1.13 bits per heavy atom. The van der Waals surface area contributed by atoms with Crippen LogP contribution in [0.1, 0.15) is 58.8 Å². The van der Waals surface area contributed by atoms with Crippen LogP contribution in [0.15, 0.2) is 41.3 Å². The van der Waals surface area contributed by atoms with E-state index in [-0.39, 0.29) is 33.8 Å². The first-order chi connectivity index (χ1) is 18.2. The summed E-state index contributed by atoms with van der Waals surface area (Å²) in [6, 6.07) is 10.1. The van der Waals surface area contributed by atoms with E-state index in [0.717, 1.165) is 22.4 Å². The fraction of sp³-hybridized carbons (Fsp3) is 0.222. The monoisotopic (exact) mass is 546 g/mol. The summed E-state index contributed by atoms with van der Waals surface area (Å²) in [6.45, 7) is 4.03. The van der Waals surface area contributed by atoms with Crippen molar-refractivity contribution in [3.8, 4) is 28.8 Å². The number of ether oxygens (including phenoxy) is 1. The Balaban J connectivity index is 1.69. The zero-order valence-corrected chi connectivity index (χ0v) is 22.3. The lowest BCUT2D eigenvalue weighted by Gasteiger charge is -2.36. The van der Waals surface area contributed by atoms with E-state index >= 15 is 0 Å². The van der Waals surface area contributed by atoms with Crippen LogP contribution in [-0.2, 0) is 7.05 Å². The summed E-state index contributed by atoms with van der Waals surface area (Å²) in [4.78, 5) is 32.6. The molecule has 1 aromatic carbocycles.